The molecule has 0 aliphatic carbocycles. The van der Waals surface area contributed by atoms with E-state index in [1.165, 1.54) is 6.20 Å². The molecule has 1 amide bonds. The number of oxazole rings is 1. The monoisotopic (exact) mass is 197 g/mol. The number of aryl methyl sites for hydroxylation is 1. The molecule has 1 aromatic heterocycles. The minimum atomic E-state index is -0.426. The van der Waals surface area contributed by atoms with Crippen molar-refractivity contribution >= 4 is 5.91 Å². The maximum absolute atomic E-state index is 11.4. The zero-order valence-electron chi connectivity index (χ0n) is 8.63. The number of rotatable bonds is 3. The minimum Gasteiger partial charge on any atom is -0.436 e. The van der Waals surface area contributed by atoms with Gasteiger partial charge in [-0.05, 0) is 13.8 Å². The number of hydrogen-bond acceptors (Lipinski definition) is 4. The summed E-state index contributed by atoms with van der Waals surface area (Å²) in [6.07, 6.45) is 1.40. The number of carbonyl (C=O) groups excluding carboxylic acids is 1. The molecule has 5 heteroatoms. The van der Waals surface area contributed by atoms with Gasteiger partial charge in [-0.25, -0.2) is 4.98 Å². The van der Waals surface area contributed by atoms with Crippen LogP contribution in [-0.4, -0.2) is 23.0 Å². The molecular weight excluding hydrogens is 182 g/mol. The summed E-state index contributed by atoms with van der Waals surface area (Å²) < 4.78 is 5.05. The van der Waals surface area contributed by atoms with Crippen LogP contribution in [0.3, 0.4) is 0 Å². The van der Waals surface area contributed by atoms with Gasteiger partial charge in [-0.2, -0.15) is 0 Å². The highest BCUT2D eigenvalue weighted by molar-refractivity contribution is 5.91. The van der Waals surface area contributed by atoms with E-state index in [4.69, 9.17) is 10.2 Å². The fraction of sp³-hybridized carbons (Fsp3) is 0.556. The first-order valence-corrected chi connectivity index (χ1v) is 4.38. The van der Waals surface area contributed by atoms with Gasteiger partial charge in [-0.15, -0.1) is 0 Å². The van der Waals surface area contributed by atoms with E-state index >= 15 is 0 Å². The van der Waals surface area contributed by atoms with Crippen LogP contribution in [0.2, 0.25) is 0 Å². The Morgan fingerprint density at radius 3 is 2.79 bits per heavy atom. The third-order valence-electron chi connectivity index (χ3n) is 1.55. The molecule has 0 spiro atoms. The lowest BCUT2D eigenvalue weighted by Crippen LogP contribution is -2.45. The maximum Gasteiger partial charge on any atom is 0.288 e. The lowest BCUT2D eigenvalue weighted by Gasteiger charge is -2.18. The Labute approximate surface area is 82.7 Å². The second-order valence-electron chi connectivity index (χ2n) is 3.91. The molecule has 0 bridgehead atoms. The van der Waals surface area contributed by atoms with Crippen molar-refractivity contribution in [2.75, 3.05) is 6.54 Å². The first kappa shape index (κ1) is 10.7. The van der Waals surface area contributed by atoms with E-state index in [1.807, 2.05) is 13.8 Å². The second kappa shape index (κ2) is 3.79. The molecule has 0 aromatic carbocycles. The maximum atomic E-state index is 11.4. The molecule has 0 saturated carbocycles. The van der Waals surface area contributed by atoms with E-state index in [9.17, 15) is 4.79 Å². The van der Waals surface area contributed by atoms with Crippen LogP contribution in [0.25, 0.3) is 0 Å². The van der Waals surface area contributed by atoms with Crippen molar-refractivity contribution < 1.29 is 9.21 Å². The lowest BCUT2D eigenvalue weighted by atomic mass is 10.1. The van der Waals surface area contributed by atoms with Crippen molar-refractivity contribution in [3.63, 3.8) is 0 Å². The molecule has 0 aliphatic heterocycles. The molecule has 1 aromatic rings. The highest BCUT2D eigenvalue weighted by Crippen LogP contribution is 2.02. The summed E-state index contributed by atoms with van der Waals surface area (Å²) in [6, 6.07) is 0. The third-order valence-corrected chi connectivity index (χ3v) is 1.55. The SMILES string of the molecule is Cc1ncc(C(=O)NCC(C)(C)N)o1. The molecule has 0 atom stereocenters. The van der Waals surface area contributed by atoms with Crippen LogP contribution in [-0.2, 0) is 0 Å². The van der Waals surface area contributed by atoms with Crippen molar-refractivity contribution in [1.29, 1.82) is 0 Å². The molecule has 1 rings (SSSR count). The Kier molecular flexibility index (Phi) is 2.90. The third kappa shape index (κ3) is 3.18. The highest BCUT2D eigenvalue weighted by atomic mass is 16.4. The molecule has 0 unspecified atom stereocenters. The van der Waals surface area contributed by atoms with E-state index in [-0.39, 0.29) is 11.7 Å². The Morgan fingerprint density at radius 2 is 2.36 bits per heavy atom. The van der Waals surface area contributed by atoms with Gasteiger partial charge < -0.3 is 15.5 Å². The van der Waals surface area contributed by atoms with E-state index < -0.39 is 5.54 Å². The summed E-state index contributed by atoms with van der Waals surface area (Å²) in [5, 5.41) is 2.65. The average Bonchev–Trinajstić information content (AvgIpc) is 2.46. The van der Waals surface area contributed by atoms with Crippen LogP contribution in [0.5, 0.6) is 0 Å². The smallest absolute Gasteiger partial charge is 0.288 e. The fourth-order valence-electron chi connectivity index (χ4n) is 0.862. The van der Waals surface area contributed by atoms with Crippen molar-refractivity contribution in [2.24, 2.45) is 5.73 Å². The van der Waals surface area contributed by atoms with Crippen molar-refractivity contribution in [3.05, 3.63) is 17.8 Å². The first-order valence-electron chi connectivity index (χ1n) is 4.38. The summed E-state index contributed by atoms with van der Waals surface area (Å²) in [7, 11) is 0. The number of nitrogens with zero attached hydrogens (tertiary/aromatic N) is 1. The van der Waals surface area contributed by atoms with E-state index in [1.54, 1.807) is 6.92 Å². The summed E-state index contributed by atoms with van der Waals surface area (Å²) in [4.78, 5) is 15.2. The van der Waals surface area contributed by atoms with E-state index in [0.29, 0.717) is 12.4 Å². The van der Waals surface area contributed by atoms with E-state index in [0.717, 1.165) is 0 Å². The summed E-state index contributed by atoms with van der Waals surface area (Å²) in [6.45, 7) is 5.74. The van der Waals surface area contributed by atoms with Gasteiger partial charge in [-0.3, -0.25) is 4.79 Å². The Bertz CT molecular complexity index is 325. The fourth-order valence-corrected chi connectivity index (χ4v) is 0.862. The number of carbonyl (C=O) groups is 1. The van der Waals surface area contributed by atoms with Gasteiger partial charge in [0.25, 0.3) is 5.91 Å². The van der Waals surface area contributed by atoms with E-state index in [2.05, 4.69) is 10.3 Å². The number of aromatic nitrogens is 1. The Balaban J connectivity index is 2.52. The molecule has 14 heavy (non-hydrogen) atoms. The zero-order valence-corrected chi connectivity index (χ0v) is 8.63. The number of amides is 1. The van der Waals surface area contributed by atoms with Gasteiger partial charge >= 0.3 is 0 Å². The quantitative estimate of drug-likeness (QED) is 0.737. The number of hydrogen-bond donors (Lipinski definition) is 2. The topological polar surface area (TPSA) is 81.2 Å². The summed E-state index contributed by atoms with van der Waals surface area (Å²) in [5.41, 5.74) is 5.28. The second-order valence-corrected chi connectivity index (χ2v) is 3.91. The van der Waals surface area contributed by atoms with Crippen LogP contribution >= 0.6 is 0 Å². The lowest BCUT2D eigenvalue weighted by molar-refractivity contribution is 0.0917. The van der Waals surface area contributed by atoms with Gasteiger partial charge in [0, 0.05) is 19.0 Å². The Hall–Kier alpha value is -1.36. The number of nitrogens with two attached hydrogens (primary N) is 1. The molecule has 5 nitrogen and oxygen atoms in total. The summed E-state index contributed by atoms with van der Waals surface area (Å²) >= 11 is 0. The molecule has 1 heterocycles. The van der Waals surface area contributed by atoms with Crippen LogP contribution < -0.4 is 11.1 Å². The molecule has 0 saturated heterocycles. The standard InChI is InChI=1S/C9H15N3O2/c1-6-11-4-7(14-6)8(13)12-5-9(2,3)10/h4H,5,10H2,1-3H3,(H,12,13). The molecule has 0 fully saturated rings. The molecule has 78 valence electrons. The minimum absolute atomic E-state index is 0.215. The highest BCUT2D eigenvalue weighted by Gasteiger charge is 2.15. The predicted molar refractivity (Wildman–Crippen MR) is 51.8 cm³/mol. The van der Waals surface area contributed by atoms with Gasteiger partial charge in [0.2, 0.25) is 5.76 Å². The number of nitrogens with one attached hydrogen (secondary N) is 1. The normalized spacial score (nSPS) is 11.4. The van der Waals surface area contributed by atoms with Crippen LogP contribution in [0, 0.1) is 6.92 Å². The first-order chi connectivity index (χ1) is 6.38. The van der Waals surface area contributed by atoms with Crippen LogP contribution in [0.15, 0.2) is 10.6 Å². The van der Waals surface area contributed by atoms with Crippen molar-refractivity contribution in [2.45, 2.75) is 26.3 Å². The summed E-state index contributed by atoms with van der Waals surface area (Å²) in [5.74, 6) is 0.401. The van der Waals surface area contributed by atoms with Gasteiger partial charge in [-0.1, -0.05) is 0 Å². The van der Waals surface area contributed by atoms with Crippen molar-refractivity contribution in [3.8, 4) is 0 Å². The molecular formula is C9H15N3O2. The van der Waals surface area contributed by atoms with Crippen molar-refractivity contribution in [1.82, 2.24) is 10.3 Å². The Morgan fingerprint density at radius 1 is 1.71 bits per heavy atom. The van der Waals surface area contributed by atoms with Gasteiger partial charge in [0.1, 0.15) is 0 Å². The molecule has 0 radical (unpaired) electrons. The van der Waals surface area contributed by atoms with Gasteiger partial charge in [0.05, 0.1) is 6.20 Å². The van der Waals surface area contributed by atoms with Gasteiger partial charge in [0.15, 0.2) is 5.89 Å². The van der Waals surface area contributed by atoms with Crippen LogP contribution in [0.1, 0.15) is 30.3 Å². The molecule has 3 N–H and O–H groups in total. The zero-order chi connectivity index (χ0) is 10.8. The predicted octanol–water partition coefficient (Wildman–Crippen LogP) is 0.450. The van der Waals surface area contributed by atoms with Crippen LogP contribution in [0.4, 0.5) is 0 Å². The average molecular weight is 197 g/mol. The molecule has 0 aliphatic rings. The largest absolute Gasteiger partial charge is 0.436 e.